The first-order valence-corrected chi connectivity index (χ1v) is 12.2. The molecule has 1 saturated heterocycles. The van der Waals surface area contributed by atoms with Crippen molar-refractivity contribution < 1.29 is 14.3 Å². The third kappa shape index (κ3) is 5.94. The number of hydrogen-bond acceptors (Lipinski definition) is 7. The molecule has 2 atom stereocenters. The van der Waals surface area contributed by atoms with Gasteiger partial charge in [-0.2, -0.15) is 10.2 Å². The summed E-state index contributed by atoms with van der Waals surface area (Å²) in [6.07, 6.45) is 4.05. The van der Waals surface area contributed by atoms with E-state index in [-0.39, 0.29) is 18.1 Å². The number of thiazole rings is 1. The quantitative estimate of drug-likeness (QED) is 0.498. The molecule has 1 fully saturated rings. The fourth-order valence-corrected chi connectivity index (χ4v) is 4.49. The maximum absolute atomic E-state index is 13.1. The van der Waals surface area contributed by atoms with E-state index in [1.807, 2.05) is 44.3 Å². The highest BCUT2D eigenvalue weighted by atomic mass is 32.1. The zero-order valence-corrected chi connectivity index (χ0v) is 20.3. The number of rotatable bonds is 8. The van der Waals surface area contributed by atoms with Crippen molar-refractivity contribution in [2.45, 2.75) is 58.6 Å². The molecule has 0 bridgehead atoms. The third-order valence-corrected chi connectivity index (χ3v) is 6.92. The summed E-state index contributed by atoms with van der Waals surface area (Å²) in [5.41, 5.74) is 2.93. The Balaban J connectivity index is 1.58. The Morgan fingerprint density at radius 1 is 1.24 bits per heavy atom. The van der Waals surface area contributed by atoms with Crippen LogP contribution in [0.15, 0.2) is 36.5 Å². The summed E-state index contributed by atoms with van der Waals surface area (Å²) < 4.78 is 11.7. The maximum Gasteiger partial charge on any atom is 0.251 e. The van der Waals surface area contributed by atoms with Crippen molar-refractivity contribution in [1.82, 2.24) is 20.5 Å². The Bertz CT molecular complexity index is 1090. The van der Waals surface area contributed by atoms with E-state index in [9.17, 15) is 4.79 Å². The Morgan fingerprint density at radius 2 is 2.09 bits per heavy atom. The molecule has 4 rings (SSSR count). The van der Waals surface area contributed by atoms with E-state index in [0.29, 0.717) is 29.5 Å². The molecule has 0 saturated carbocycles. The van der Waals surface area contributed by atoms with Crippen molar-refractivity contribution in [3.05, 3.63) is 58.4 Å². The van der Waals surface area contributed by atoms with E-state index >= 15 is 0 Å². The molecule has 0 spiro atoms. The summed E-state index contributed by atoms with van der Waals surface area (Å²) in [4.78, 5) is 18.9. The van der Waals surface area contributed by atoms with Crippen LogP contribution in [0.25, 0.3) is 10.6 Å². The predicted octanol–water partition coefficient (Wildman–Crippen LogP) is 5.08. The lowest BCUT2D eigenvalue weighted by Gasteiger charge is -2.16. The van der Waals surface area contributed by atoms with Crippen molar-refractivity contribution in [2.24, 2.45) is 0 Å². The van der Waals surface area contributed by atoms with Gasteiger partial charge in [-0.25, -0.2) is 4.98 Å². The van der Waals surface area contributed by atoms with Crippen LogP contribution >= 0.6 is 11.3 Å². The molecule has 1 N–H and O–H groups in total. The average molecular weight is 467 g/mol. The molecular formula is C25H30N4O3S. The van der Waals surface area contributed by atoms with Gasteiger partial charge in [-0.1, -0.05) is 13.8 Å². The summed E-state index contributed by atoms with van der Waals surface area (Å²) in [6.45, 7) is 9.31. The number of amides is 1. The molecule has 7 nitrogen and oxygen atoms in total. The molecule has 174 valence electrons. The molecule has 1 aliphatic rings. The van der Waals surface area contributed by atoms with E-state index in [0.717, 1.165) is 35.7 Å². The van der Waals surface area contributed by atoms with Crippen LogP contribution in [0.1, 0.15) is 72.2 Å². The summed E-state index contributed by atoms with van der Waals surface area (Å²) in [5, 5.41) is 12.2. The monoisotopic (exact) mass is 466 g/mol. The van der Waals surface area contributed by atoms with Crippen molar-refractivity contribution in [1.29, 1.82) is 0 Å². The molecule has 0 radical (unpaired) electrons. The molecule has 8 heteroatoms. The van der Waals surface area contributed by atoms with Crippen LogP contribution in [0.3, 0.4) is 0 Å². The van der Waals surface area contributed by atoms with Gasteiger partial charge in [0.1, 0.15) is 17.4 Å². The number of benzene rings is 1. The van der Waals surface area contributed by atoms with Gasteiger partial charge in [-0.3, -0.25) is 4.79 Å². The zero-order valence-electron chi connectivity index (χ0n) is 19.5. The van der Waals surface area contributed by atoms with Gasteiger partial charge in [0.2, 0.25) is 0 Å². The van der Waals surface area contributed by atoms with E-state index in [1.54, 1.807) is 17.4 Å². The first-order chi connectivity index (χ1) is 15.9. The number of aromatic nitrogens is 3. The second-order valence-electron chi connectivity index (χ2n) is 8.71. The predicted molar refractivity (Wildman–Crippen MR) is 129 cm³/mol. The minimum Gasteiger partial charge on any atom is -0.491 e. The van der Waals surface area contributed by atoms with Gasteiger partial charge in [0, 0.05) is 28.8 Å². The molecule has 0 aliphatic carbocycles. The van der Waals surface area contributed by atoms with Crippen LogP contribution < -0.4 is 10.1 Å². The number of carbonyl (C=O) groups excluding carboxylic acids is 1. The van der Waals surface area contributed by atoms with Gasteiger partial charge in [0.05, 0.1) is 23.5 Å². The molecule has 1 amide bonds. The minimum atomic E-state index is -0.280. The number of carbonyl (C=O) groups is 1. The summed E-state index contributed by atoms with van der Waals surface area (Å²) >= 11 is 1.64. The maximum atomic E-state index is 13.1. The number of ether oxygens (including phenoxy) is 2. The van der Waals surface area contributed by atoms with E-state index in [1.165, 1.54) is 4.88 Å². The van der Waals surface area contributed by atoms with Crippen LogP contribution in [0.2, 0.25) is 0 Å². The molecule has 1 unspecified atom stereocenters. The van der Waals surface area contributed by atoms with Gasteiger partial charge in [-0.05, 0) is 62.9 Å². The Hall–Kier alpha value is -2.84. The van der Waals surface area contributed by atoms with Gasteiger partial charge >= 0.3 is 0 Å². The van der Waals surface area contributed by atoms with E-state index in [4.69, 9.17) is 9.47 Å². The number of nitrogens with one attached hydrogen (secondary N) is 1. The van der Waals surface area contributed by atoms with Crippen LogP contribution in [-0.2, 0) is 4.74 Å². The van der Waals surface area contributed by atoms with Gasteiger partial charge in [-0.15, -0.1) is 11.3 Å². The standard InChI is InChI=1S/C25H30N4O3S/c1-15(2)23-13-26-25(33-23)19-10-18(11-21(12-19)32-14-20-6-5-9-31-20)24(30)27-17(4)22-8-7-16(3)28-29-22/h7-8,10-13,15,17,20H,5-6,9,14H2,1-4H3,(H,27,30)/t17-,20?/m1/s1. The van der Waals surface area contributed by atoms with Gasteiger partial charge in [0.15, 0.2) is 0 Å². The zero-order chi connectivity index (χ0) is 23.4. The smallest absolute Gasteiger partial charge is 0.251 e. The summed E-state index contributed by atoms with van der Waals surface area (Å²) in [5.74, 6) is 0.834. The van der Waals surface area contributed by atoms with Crippen LogP contribution in [0, 0.1) is 6.92 Å². The van der Waals surface area contributed by atoms with Crippen LogP contribution in [0.5, 0.6) is 5.75 Å². The summed E-state index contributed by atoms with van der Waals surface area (Å²) in [7, 11) is 0. The lowest BCUT2D eigenvalue weighted by Crippen LogP contribution is -2.27. The fraction of sp³-hybridized carbons (Fsp3) is 0.440. The fourth-order valence-electron chi connectivity index (χ4n) is 3.58. The SMILES string of the molecule is Cc1ccc([C@@H](C)NC(=O)c2cc(OCC3CCCO3)cc(-c3ncc(C(C)C)s3)c2)nn1. The lowest BCUT2D eigenvalue weighted by atomic mass is 10.1. The molecule has 2 aromatic heterocycles. The van der Waals surface area contributed by atoms with Crippen molar-refractivity contribution in [2.75, 3.05) is 13.2 Å². The molecular weight excluding hydrogens is 436 g/mol. The number of nitrogens with zero attached hydrogens (tertiary/aromatic N) is 3. The van der Waals surface area contributed by atoms with E-state index < -0.39 is 0 Å². The first kappa shape index (κ1) is 23.3. The minimum absolute atomic E-state index is 0.0958. The molecule has 1 aliphatic heterocycles. The van der Waals surface area contributed by atoms with Crippen molar-refractivity contribution in [3.8, 4) is 16.3 Å². The van der Waals surface area contributed by atoms with Gasteiger partial charge < -0.3 is 14.8 Å². The average Bonchev–Trinajstić information content (AvgIpc) is 3.50. The van der Waals surface area contributed by atoms with Crippen LogP contribution in [-0.4, -0.2) is 40.4 Å². The Labute approximate surface area is 198 Å². The lowest BCUT2D eigenvalue weighted by molar-refractivity contribution is 0.0679. The first-order valence-electron chi connectivity index (χ1n) is 11.4. The highest BCUT2D eigenvalue weighted by Crippen LogP contribution is 2.32. The highest BCUT2D eigenvalue weighted by Gasteiger charge is 2.19. The van der Waals surface area contributed by atoms with Crippen molar-refractivity contribution >= 4 is 17.2 Å². The number of hydrogen-bond donors (Lipinski definition) is 1. The molecule has 3 heterocycles. The third-order valence-electron chi connectivity index (χ3n) is 5.58. The molecule has 1 aromatic carbocycles. The molecule has 3 aromatic rings. The Kier molecular flexibility index (Phi) is 7.35. The topological polar surface area (TPSA) is 86.2 Å². The Morgan fingerprint density at radius 3 is 2.76 bits per heavy atom. The van der Waals surface area contributed by atoms with Crippen molar-refractivity contribution in [3.63, 3.8) is 0 Å². The largest absolute Gasteiger partial charge is 0.491 e. The normalized spacial score (nSPS) is 16.7. The summed E-state index contributed by atoms with van der Waals surface area (Å²) in [6, 6.07) is 9.07. The van der Waals surface area contributed by atoms with Gasteiger partial charge in [0.25, 0.3) is 5.91 Å². The highest BCUT2D eigenvalue weighted by molar-refractivity contribution is 7.15. The second kappa shape index (κ2) is 10.4. The van der Waals surface area contributed by atoms with E-state index in [2.05, 4.69) is 34.3 Å². The number of aryl methyl sites for hydroxylation is 1. The molecule has 33 heavy (non-hydrogen) atoms. The van der Waals surface area contributed by atoms with Crippen LogP contribution in [0.4, 0.5) is 0 Å². The second-order valence-corrected chi connectivity index (χ2v) is 9.77.